The highest BCUT2D eigenvalue weighted by Crippen LogP contribution is 2.19. The summed E-state index contributed by atoms with van der Waals surface area (Å²) < 4.78 is 5.31. The van der Waals surface area contributed by atoms with E-state index in [2.05, 4.69) is 10.1 Å². The number of carbonyl (C=O) groups is 1. The molecule has 1 heterocycles. The van der Waals surface area contributed by atoms with Crippen molar-refractivity contribution in [2.75, 3.05) is 13.1 Å². The van der Waals surface area contributed by atoms with Gasteiger partial charge < -0.3 is 9.63 Å². The van der Waals surface area contributed by atoms with Gasteiger partial charge in [0.2, 0.25) is 5.89 Å². The molecule has 0 spiro atoms. The number of nitrogens with zero attached hydrogens (tertiary/aromatic N) is 3. The molecule has 1 unspecified atom stereocenters. The minimum absolute atomic E-state index is 0.0517. The zero-order valence-corrected chi connectivity index (χ0v) is 14.0. The van der Waals surface area contributed by atoms with Crippen molar-refractivity contribution in [3.05, 3.63) is 46.6 Å². The van der Waals surface area contributed by atoms with Gasteiger partial charge in [-0.3, -0.25) is 9.69 Å². The molecule has 6 nitrogen and oxygen atoms in total. The lowest BCUT2D eigenvalue weighted by Gasteiger charge is -2.23. The lowest BCUT2D eigenvalue weighted by Crippen LogP contribution is -2.33. The number of benzene rings is 1. The number of carboxylic acid groups (broad SMARTS) is 1. The van der Waals surface area contributed by atoms with Gasteiger partial charge in [-0.2, -0.15) is 4.98 Å². The van der Waals surface area contributed by atoms with Crippen LogP contribution in [0.1, 0.15) is 43.6 Å². The van der Waals surface area contributed by atoms with Gasteiger partial charge in [0, 0.05) is 11.4 Å². The summed E-state index contributed by atoms with van der Waals surface area (Å²) in [5.41, 5.74) is 1.03. The zero-order chi connectivity index (χ0) is 16.8. The van der Waals surface area contributed by atoms with Gasteiger partial charge in [0.15, 0.2) is 5.82 Å². The Bertz CT molecular complexity index is 642. The second-order valence-corrected chi connectivity index (χ2v) is 5.83. The molecule has 0 amide bonds. The standard InChI is InChI=1S/C16H20ClN3O3/c1-3-8-20(10-15(21)22)11(2)16-18-14(19-23-16)9-12-4-6-13(17)7-5-12/h4-7,11H,3,8-10H2,1-2H3,(H,21,22). The van der Waals surface area contributed by atoms with E-state index in [1.165, 1.54) is 0 Å². The van der Waals surface area contributed by atoms with Gasteiger partial charge in [0.1, 0.15) is 0 Å². The molecule has 7 heteroatoms. The van der Waals surface area contributed by atoms with E-state index in [1.807, 2.05) is 43.0 Å². The highest BCUT2D eigenvalue weighted by Gasteiger charge is 2.23. The molecule has 1 aromatic carbocycles. The van der Waals surface area contributed by atoms with Gasteiger partial charge in [0.05, 0.1) is 12.6 Å². The average Bonchev–Trinajstić information content (AvgIpc) is 2.96. The number of halogens is 1. The van der Waals surface area contributed by atoms with Crippen LogP contribution in [0.25, 0.3) is 0 Å². The molecule has 2 rings (SSSR count). The molecule has 0 aliphatic carbocycles. The van der Waals surface area contributed by atoms with E-state index in [-0.39, 0.29) is 12.6 Å². The van der Waals surface area contributed by atoms with Crippen LogP contribution in [-0.2, 0) is 11.2 Å². The van der Waals surface area contributed by atoms with Gasteiger partial charge in [-0.25, -0.2) is 0 Å². The lowest BCUT2D eigenvalue weighted by molar-refractivity contribution is -0.139. The summed E-state index contributed by atoms with van der Waals surface area (Å²) in [7, 11) is 0. The molecule has 0 fully saturated rings. The number of hydrogen-bond acceptors (Lipinski definition) is 5. The Hall–Kier alpha value is -1.92. The molecule has 1 atom stereocenters. The minimum Gasteiger partial charge on any atom is -0.480 e. The van der Waals surface area contributed by atoms with Crippen molar-refractivity contribution in [1.29, 1.82) is 0 Å². The van der Waals surface area contributed by atoms with Gasteiger partial charge >= 0.3 is 5.97 Å². The number of aliphatic carboxylic acids is 1. The maximum atomic E-state index is 11.0. The largest absolute Gasteiger partial charge is 0.480 e. The van der Waals surface area contributed by atoms with Crippen LogP contribution in [0.3, 0.4) is 0 Å². The fourth-order valence-electron chi connectivity index (χ4n) is 2.32. The van der Waals surface area contributed by atoms with Crippen LogP contribution in [-0.4, -0.2) is 39.2 Å². The van der Waals surface area contributed by atoms with E-state index in [0.717, 1.165) is 12.0 Å². The number of carboxylic acids is 1. The van der Waals surface area contributed by atoms with Crippen LogP contribution in [0, 0.1) is 0 Å². The fraction of sp³-hybridized carbons (Fsp3) is 0.438. The van der Waals surface area contributed by atoms with Crippen LogP contribution in [0.5, 0.6) is 0 Å². The molecular formula is C16H20ClN3O3. The minimum atomic E-state index is -0.869. The van der Waals surface area contributed by atoms with Gasteiger partial charge in [-0.15, -0.1) is 0 Å². The first-order valence-electron chi connectivity index (χ1n) is 7.52. The Kier molecular flexibility index (Phi) is 6.12. The Morgan fingerprint density at radius 2 is 2.09 bits per heavy atom. The molecule has 0 aliphatic heterocycles. The zero-order valence-electron chi connectivity index (χ0n) is 13.2. The second-order valence-electron chi connectivity index (χ2n) is 5.39. The monoisotopic (exact) mass is 337 g/mol. The topological polar surface area (TPSA) is 79.5 Å². The molecule has 1 aromatic heterocycles. The van der Waals surface area contributed by atoms with Crippen molar-refractivity contribution in [2.45, 2.75) is 32.7 Å². The summed E-state index contributed by atoms with van der Waals surface area (Å²) in [6.07, 6.45) is 1.39. The summed E-state index contributed by atoms with van der Waals surface area (Å²) in [5.74, 6) is 0.135. The van der Waals surface area contributed by atoms with E-state index < -0.39 is 5.97 Å². The summed E-state index contributed by atoms with van der Waals surface area (Å²) in [4.78, 5) is 17.2. The molecule has 0 saturated carbocycles. The third kappa shape index (κ3) is 5.04. The van der Waals surface area contributed by atoms with E-state index >= 15 is 0 Å². The van der Waals surface area contributed by atoms with E-state index in [1.54, 1.807) is 0 Å². The molecule has 0 bridgehead atoms. The first-order valence-corrected chi connectivity index (χ1v) is 7.90. The van der Waals surface area contributed by atoms with Crippen molar-refractivity contribution in [2.24, 2.45) is 0 Å². The highest BCUT2D eigenvalue weighted by molar-refractivity contribution is 6.30. The van der Waals surface area contributed by atoms with E-state index in [4.69, 9.17) is 21.2 Å². The maximum absolute atomic E-state index is 11.0. The average molecular weight is 338 g/mol. The van der Waals surface area contributed by atoms with Gasteiger partial charge in [-0.05, 0) is 37.6 Å². The van der Waals surface area contributed by atoms with Crippen LogP contribution < -0.4 is 0 Å². The molecule has 124 valence electrons. The molecule has 0 radical (unpaired) electrons. The quantitative estimate of drug-likeness (QED) is 0.797. The Labute approximate surface area is 140 Å². The van der Waals surface area contributed by atoms with Crippen LogP contribution >= 0.6 is 11.6 Å². The SMILES string of the molecule is CCCN(CC(=O)O)C(C)c1nc(Cc2ccc(Cl)cc2)no1. The van der Waals surface area contributed by atoms with Crippen molar-refractivity contribution < 1.29 is 14.4 Å². The molecule has 1 N–H and O–H groups in total. The van der Waals surface area contributed by atoms with Crippen molar-refractivity contribution in [3.8, 4) is 0 Å². The molecule has 2 aromatic rings. The van der Waals surface area contributed by atoms with Crippen molar-refractivity contribution in [1.82, 2.24) is 15.0 Å². The molecular weight excluding hydrogens is 318 g/mol. The van der Waals surface area contributed by atoms with E-state index in [9.17, 15) is 4.79 Å². The third-order valence-electron chi connectivity index (χ3n) is 3.51. The summed E-state index contributed by atoms with van der Waals surface area (Å²) in [5, 5.41) is 13.7. The summed E-state index contributed by atoms with van der Waals surface area (Å²) >= 11 is 5.86. The Morgan fingerprint density at radius 3 is 2.70 bits per heavy atom. The lowest BCUT2D eigenvalue weighted by atomic mass is 10.1. The van der Waals surface area contributed by atoms with Gasteiger partial charge in [-0.1, -0.05) is 35.8 Å². The predicted octanol–water partition coefficient (Wildman–Crippen LogP) is 3.17. The summed E-state index contributed by atoms with van der Waals surface area (Å²) in [6, 6.07) is 7.22. The van der Waals surface area contributed by atoms with Crippen molar-refractivity contribution >= 4 is 17.6 Å². The van der Waals surface area contributed by atoms with Crippen LogP contribution in [0.2, 0.25) is 5.02 Å². The van der Waals surface area contributed by atoms with E-state index in [0.29, 0.717) is 29.7 Å². The Balaban J connectivity index is 2.07. The first-order chi connectivity index (χ1) is 11.0. The fourth-order valence-corrected chi connectivity index (χ4v) is 2.45. The van der Waals surface area contributed by atoms with Crippen LogP contribution in [0.15, 0.2) is 28.8 Å². The number of aromatic nitrogens is 2. The Morgan fingerprint density at radius 1 is 1.39 bits per heavy atom. The summed E-state index contributed by atoms with van der Waals surface area (Å²) in [6.45, 7) is 4.48. The normalized spacial score (nSPS) is 12.5. The maximum Gasteiger partial charge on any atom is 0.317 e. The number of hydrogen-bond donors (Lipinski definition) is 1. The second kappa shape index (κ2) is 8.08. The predicted molar refractivity (Wildman–Crippen MR) is 86.5 cm³/mol. The van der Waals surface area contributed by atoms with Gasteiger partial charge in [0.25, 0.3) is 0 Å². The molecule has 0 saturated heterocycles. The van der Waals surface area contributed by atoms with Crippen molar-refractivity contribution in [3.63, 3.8) is 0 Å². The van der Waals surface area contributed by atoms with Crippen LogP contribution in [0.4, 0.5) is 0 Å². The smallest absolute Gasteiger partial charge is 0.317 e. The third-order valence-corrected chi connectivity index (χ3v) is 3.77. The molecule has 0 aliphatic rings. The molecule has 23 heavy (non-hydrogen) atoms. The first kappa shape index (κ1) is 17.4. The highest BCUT2D eigenvalue weighted by atomic mass is 35.5. The number of rotatable bonds is 8.